The number of allylic oxidation sites excluding steroid dienone is 1. The van der Waals surface area contributed by atoms with Gasteiger partial charge in [0.15, 0.2) is 0 Å². The van der Waals surface area contributed by atoms with E-state index in [4.69, 9.17) is 5.11 Å². The fourth-order valence-electron chi connectivity index (χ4n) is 2.16. The van der Waals surface area contributed by atoms with Crippen molar-refractivity contribution in [1.82, 2.24) is 0 Å². The zero-order chi connectivity index (χ0) is 13.5. The first kappa shape index (κ1) is 12.8. The van der Waals surface area contributed by atoms with Gasteiger partial charge in [0.05, 0.1) is 10.8 Å². The van der Waals surface area contributed by atoms with Gasteiger partial charge in [-0.05, 0) is 30.0 Å². The van der Waals surface area contributed by atoms with Crippen LogP contribution in [0.15, 0.2) is 28.5 Å². The third kappa shape index (κ3) is 2.06. The van der Waals surface area contributed by atoms with Crippen LogP contribution in [-0.4, -0.2) is 19.5 Å². The van der Waals surface area contributed by atoms with Gasteiger partial charge in [-0.25, -0.2) is 8.42 Å². The van der Waals surface area contributed by atoms with Gasteiger partial charge in [-0.15, -0.1) is 0 Å². The van der Waals surface area contributed by atoms with Crippen molar-refractivity contribution in [2.45, 2.75) is 25.2 Å². The largest absolute Gasteiger partial charge is 0.481 e. The van der Waals surface area contributed by atoms with Crippen molar-refractivity contribution in [3.63, 3.8) is 0 Å². The summed E-state index contributed by atoms with van der Waals surface area (Å²) < 4.78 is 24.0. The van der Waals surface area contributed by atoms with Crippen LogP contribution in [-0.2, 0) is 21.1 Å². The first-order valence-corrected chi connectivity index (χ1v) is 7.16. The van der Waals surface area contributed by atoms with Crippen LogP contribution in [0.25, 0.3) is 5.57 Å². The summed E-state index contributed by atoms with van der Waals surface area (Å²) >= 11 is 0. The van der Waals surface area contributed by atoms with Crippen molar-refractivity contribution in [2.75, 3.05) is 0 Å². The van der Waals surface area contributed by atoms with Gasteiger partial charge < -0.3 is 5.11 Å². The summed E-state index contributed by atoms with van der Waals surface area (Å²) in [7, 11) is -3.41. The Kier molecular flexibility index (Phi) is 3.02. The maximum Gasteiger partial charge on any atom is 0.306 e. The minimum atomic E-state index is -3.41. The van der Waals surface area contributed by atoms with Crippen molar-refractivity contribution in [2.24, 2.45) is 5.92 Å². The molecule has 0 bridgehead atoms. The molecule has 1 aliphatic heterocycles. The summed E-state index contributed by atoms with van der Waals surface area (Å²) in [5.41, 5.74) is 1.97. The number of hydrogen-bond donors (Lipinski definition) is 1. The third-order valence-corrected chi connectivity index (χ3v) is 4.80. The molecule has 0 amide bonds. The maximum absolute atomic E-state index is 12.0. The maximum atomic E-state index is 12.0. The molecule has 1 aromatic rings. The van der Waals surface area contributed by atoms with E-state index in [0.29, 0.717) is 16.7 Å². The lowest BCUT2D eigenvalue weighted by Gasteiger charge is -2.11. The quantitative estimate of drug-likeness (QED) is 0.909. The van der Waals surface area contributed by atoms with Crippen molar-refractivity contribution >= 4 is 21.4 Å². The van der Waals surface area contributed by atoms with E-state index in [1.54, 1.807) is 32.0 Å². The van der Waals surface area contributed by atoms with E-state index in [1.165, 1.54) is 5.41 Å². The highest BCUT2D eigenvalue weighted by atomic mass is 32.2. The number of hydrogen-bond acceptors (Lipinski definition) is 3. The van der Waals surface area contributed by atoms with E-state index >= 15 is 0 Å². The van der Waals surface area contributed by atoms with E-state index in [-0.39, 0.29) is 11.3 Å². The first-order chi connectivity index (χ1) is 8.33. The number of carboxylic acid groups (broad SMARTS) is 1. The minimum Gasteiger partial charge on any atom is -0.481 e. The average Bonchev–Trinajstić information content (AvgIpc) is 2.50. The molecule has 5 heteroatoms. The highest BCUT2D eigenvalue weighted by molar-refractivity contribution is 7.95. The third-order valence-electron chi connectivity index (χ3n) is 3.09. The van der Waals surface area contributed by atoms with Crippen LogP contribution in [0.3, 0.4) is 0 Å². The Morgan fingerprint density at radius 3 is 2.67 bits per heavy atom. The molecule has 1 aliphatic rings. The van der Waals surface area contributed by atoms with Crippen LogP contribution in [0.5, 0.6) is 0 Å². The summed E-state index contributed by atoms with van der Waals surface area (Å²) in [5, 5.41) is 10.2. The number of aliphatic carboxylic acids is 1. The van der Waals surface area contributed by atoms with E-state index < -0.39 is 21.7 Å². The van der Waals surface area contributed by atoms with Crippen LogP contribution in [0.2, 0.25) is 0 Å². The molecule has 2 rings (SSSR count). The molecule has 4 nitrogen and oxygen atoms in total. The Hall–Kier alpha value is -1.62. The summed E-state index contributed by atoms with van der Waals surface area (Å²) in [6.45, 7) is 3.32. The van der Waals surface area contributed by atoms with Gasteiger partial charge in [0.1, 0.15) is 0 Å². The van der Waals surface area contributed by atoms with Gasteiger partial charge in [0.25, 0.3) is 0 Å². The van der Waals surface area contributed by atoms with Gasteiger partial charge >= 0.3 is 5.97 Å². The molecule has 1 unspecified atom stereocenters. The number of sulfone groups is 1. The number of fused-ring (bicyclic) bond motifs is 1. The van der Waals surface area contributed by atoms with Gasteiger partial charge in [0.2, 0.25) is 9.84 Å². The summed E-state index contributed by atoms with van der Waals surface area (Å²) in [6, 6.07) is 5.20. The molecule has 0 saturated heterocycles. The van der Waals surface area contributed by atoms with Crippen molar-refractivity contribution < 1.29 is 18.3 Å². The Balaban J connectivity index is 2.52. The van der Waals surface area contributed by atoms with Crippen LogP contribution < -0.4 is 0 Å². The van der Waals surface area contributed by atoms with Crippen LogP contribution in [0.1, 0.15) is 25.0 Å². The molecule has 18 heavy (non-hydrogen) atoms. The summed E-state index contributed by atoms with van der Waals surface area (Å²) in [6.07, 6.45) is 0.221. The average molecular weight is 266 g/mol. The molecular formula is C13H14O4S. The number of rotatable bonds is 3. The summed E-state index contributed by atoms with van der Waals surface area (Å²) in [5.74, 6) is -1.53. The number of carboxylic acids is 1. The van der Waals surface area contributed by atoms with Gasteiger partial charge in [-0.3, -0.25) is 4.79 Å². The Morgan fingerprint density at radius 2 is 2.06 bits per heavy atom. The second-order valence-electron chi connectivity index (χ2n) is 4.58. The molecule has 0 radical (unpaired) electrons. The second kappa shape index (κ2) is 4.24. The van der Waals surface area contributed by atoms with E-state index in [1.807, 2.05) is 0 Å². The molecule has 0 saturated carbocycles. The molecule has 0 aliphatic carbocycles. The Morgan fingerprint density at radius 1 is 1.39 bits per heavy atom. The van der Waals surface area contributed by atoms with Crippen molar-refractivity contribution in [1.29, 1.82) is 0 Å². The molecule has 1 atom stereocenters. The van der Waals surface area contributed by atoms with Crippen LogP contribution in [0, 0.1) is 5.92 Å². The molecule has 1 N–H and O–H groups in total. The topological polar surface area (TPSA) is 71.4 Å². The molecule has 1 heterocycles. The zero-order valence-corrected chi connectivity index (χ0v) is 11.0. The lowest BCUT2D eigenvalue weighted by molar-refractivity contribution is -0.141. The van der Waals surface area contributed by atoms with Crippen molar-refractivity contribution in [3.05, 3.63) is 34.7 Å². The molecule has 1 aromatic carbocycles. The minimum absolute atomic E-state index is 0.221. The Labute approximate surface area is 106 Å². The van der Waals surface area contributed by atoms with Crippen LogP contribution >= 0.6 is 0 Å². The van der Waals surface area contributed by atoms with Gasteiger partial charge in [-0.1, -0.05) is 25.1 Å². The number of benzene rings is 1. The molecule has 0 fully saturated rings. The predicted molar refractivity (Wildman–Crippen MR) is 67.8 cm³/mol. The fraction of sp³-hybridized carbons (Fsp3) is 0.308. The highest BCUT2D eigenvalue weighted by Gasteiger charge is 2.28. The number of carbonyl (C=O) groups is 1. The highest BCUT2D eigenvalue weighted by Crippen LogP contribution is 2.36. The van der Waals surface area contributed by atoms with Gasteiger partial charge in [0, 0.05) is 5.41 Å². The lowest BCUT2D eigenvalue weighted by Crippen LogP contribution is -2.14. The second-order valence-corrected chi connectivity index (χ2v) is 6.32. The van der Waals surface area contributed by atoms with Crippen molar-refractivity contribution in [3.8, 4) is 0 Å². The zero-order valence-electron chi connectivity index (χ0n) is 10.2. The molecule has 0 aromatic heterocycles. The lowest BCUT2D eigenvalue weighted by atomic mass is 9.98. The SMILES string of the molecule is CC1=CS(=O)(=O)c2c(CC(C)C(=O)O)cccc21. The first-order valence-electron chi connectivity index (χ1n) is 5.61. The van der Waals surface area contributed by atoms with Gasteiger partial charge in [-0.2, -0.15) is 0 Å². The fourth-order valence-corrected chi connectivity index (χ4v) is 3.93. The Bertz CT molecular complexity index is 641. The van der Waals surface area contributed by atoms with E-state index in [9.17, 15) is 13.2 Å². The van der Waals surface area contributed by atoms with Crippen LogP contribution in [0.4, 0.5) is 0 Å². The smallest absolute Gasteiger partial charge is 0.306 e. The summed E-state index contributed by atoms with van der Waals surface area (Å²) in [4.78, 5) is 11.1. The molecular weight excluding hydrogens is 252 g/mol. The normalized spacial score (nSPS) is 18.0. The monoisotopic (exact) mass is 266 g/mol. The standard InChI is InChI=1S/C13H14O4S/c1-8(13(14)15)6-10-4-3-5-11-9(2)7-18(16,17)12(10)11/h3-5,7-8H,6H2,1-2H3,(H,14,15). The van der Waals surface area contributed by atoms with E-state index in [0.717, 1.165) is 0 Å². The molecule has 96 valence electrons. The van der Waals surface area contributed by atoms with E-state index in [2.05, 4.69) is 0 Å². The molecule has 0 spiro atoms. The predicted octanol–water partition coefficient (Wildman–Crippen LogP) is 2.10.